The van der Waals surface area contributed by atoms with Crippen molar-refractivity contribution in [2.24, 2.45) is 0 Å². The molecule has 0 bridgehead atoms. The number of hydrogen-bond donors (Lipinski definition) is 1. The minimum Gasteiger partial charge on any atom is -0.480 e. The SMILES string of the molecule is CCS(=O)(=O)N1CCC(N(CC(=O)O)C(=O)c2ccc(Cl)cc2)CC1. The zero-order valence-corrected chi connectivity index (χ0v) is 15.5. The smallest absolute Gasteiger partial charge is 0.323 e. The van der Waals surface area contributed by atoms with Gasteiger partial charge in [0.1, 0.15) is 6.54 Å². The molecule has 138 valence electrons. The van der Waals surface area contributed by atoms with Gasteiger partial charge in [0.2, 0.25) is 10.0 Å². The number of nitrogens with zero attached hydrogens (tertiary/aromatic N) is 2. The molecule has 1 N–H and O–H groups in total. The highest BCUT2D eigenvalue weighted by molar-refractivity contribution is 7.89. The molecule has 7 nitrogen and oxygen atoms in total. The van der Waals surface area contributed by atoms with Crippen LogP contribution in [0, 0.1) is 0 Å². The summed E-state index contributed by atoms with van der Waals surface area (Å²) in [6, 6.07) is 5.93. The molecule has 0 unspecified atom stereocenters. The van der Waals surface area contributed by atoms with Gasteiger partial charge >= 0.3 is 5.97 Å². The Morgan fingerprint density at radius 1 is 1.24 bits per heavy atom. The van der Waals surface area contributed by atoms with Gasteiger partial charge in [-0.2, -0.15) is 0 Å². The Morgan fingerprint density at radius 3 is 2.28 bits per heavy atom. The summed E-state index contributed by atoms with van der Waals surface area (Å²) >= 11 is 5.82. The highest BCUT2D eigenvalue weighted by Gasteiger charge is 2.33. The molecule has 1 saturated heterocycles. The first-order chi connectivity index (χ1) is 11.7. The molecule has 1 aliphatic heterocycles. The fourth-order valence-corrected chi connectivity index (χ4v) is 4.14. The molecule has 9 heteroatoms. The second-order valence-electron chi connectivity index (χ2n) is 5.86. The van der Waals surface area contributed by atoms with Crippen molar-refractivity contribution in [2.75, 3.05) is 25.4 Å². The summed E-state index contributed by atoms with van der Waals surface area (Å²) in [7, 11) is -3.27. The highest BCUT2D eigenvalue weighted by atomic mass is 35.5. The number of carbonyl (C=O) groups is 2. The van der Waals surface area contributed by atoms with Crippen LogP contribution in [0.25, 0.3) is 0 Å². The van der Waals surface area contributed by atoms with E-state index in [0.717, 1.165) is 0 Å². The fourth-order valence-electron chi connectivity index (χ4n) is 2.89. The van der Waals surface area contributed by atoms with Crippen molar-refractivity contribution in [1.82, 2.24) is 9.21 Å². The monoisotopic (exact) mass is 388 g/mol. The maximum absolute atomic E-state index is 12.7. The maximum atomic E-state index is 12.7. The van der Waals surface area contributed by atoms with Crippen LogP contribution in [-0.4, -0.2) is 66.0 Å². The van der Waals surface area contributed by atoms with Crippen molar-refractivity contribution in [3.05, 3.63) is 34.9 Å². The lowest BCUT2D eigenvalue weighted by molar-refractivity contribution is -0.138. The second kappa shape index (κ2) is 8.16. The van der Waals surface area contributed by atoms with Gasteiger partial charge in [0.05, 0.1) is 5.75 Å². The van der Waals surface area contributed by atoms with Crippen LogP contribution in [0.1, 0.15) is 30.1 Å². The number of halogens is 1. The van der Waals surface area contributed by atoms with E-state index in [-0.39, 0.29) is 24.9 Å². The van der Waals surface area contributed by atoms with Gasteiger partial charge in [-0.1, -0.05) is 11.6 Å². The summed E-state index contributed by atoms with van der Waals surface area (Å²) in [4.78, 5) is 25.2. The number of benzene rings is 1. The van der Waals surface area contributed by atoms with E-state index >= 15 is 0 Å². The van der Waals surface area contributed by atoms with E-state index in [4.69, 9.17) is 16.7 Å². The van der Waals surface area contributed by atoms with Crippen molar-refractivity contribution in [3.63, 3.8) is 0 Å². The van der Waals surface area contributed by atoms with Crippen LogP contribution >= 0.6 is 11.6 Å². The number of carboxylic acid groups (broad SMARTS) is 1. The second-order valence-corrected chi connectivity index (χ2v) is 8.56. The van der Waals surface area contributed by atoms with Crippen LogP contribution in [0.3, 0.4) is 0 Å². The van der Waals surface area contributed by atoms with Crippen LogP contribution < -0.4 is 0 Å². The van der Waals surface area contributed by atoms with E-state index in [1.165, 1.54) is 9.21 Å². The van der Waals surface area contributed by atoms with Crippen LogP contribution in [0.4, 0.5) is 0 Å². The molecule has 2 rings (SSSR count). The van der Waals surface area contributed by atoms with Gasteiger partial charge in [0.15, 0.2) is 0 Å². The van der Waals surface area contributed by atoms with Gasteiger partial charge in [0.25, 0.3) is 5.91 Å². The molecule has 1 heterocycles. The lowest BCUT2D eigenvalue weighted by Gasteiger charge is -2.37. The number of aliphatic carboxylic acids is 1. The first-order valence-corrected chi connectivity index (χ1v) is 9.99. The van der Waals surface area contributed by atoms with Crippen LogP contribution in [0.5, 0.6) is 0 Å². The maximum Gasteiger partial charge on any atom is 0.323 e. The summed E-state index contributed by atoms with van der Waals surface area (Å²) in [6.45, 7) is 1.73. The van der Waals surface area contributed by atoms with E-state index in [2.05, 4.69) is 0 Å². The molecule has 0 aromatic heterocycles. The minimum atomic E-state index is -3.27. The third-order valence-electron chi connectivity index (χ3n) is 4.28. The Balaban J connectivity index is 2.14. The molecule has 0 saturated carbocycles. The van der Waals surface area contributed by atoms with Gasteiger partial charge in [-0.3, -0.25) is 9.59 Å². The summed E-state index contributed by atoms with van der Waals surface area (Å²) in [5, 5.41) is 9.64. The predicted molar refractivity (Wildman–Crippen MR) is 94.2 cm³/mol. The van der Waals surface area contributed by atoms with Crippen LogP contribution in [0.2, 0.25) is 5.02 Å². The average Bonchev–Trinajstić information content (AvgIpc) is 2.60. The van der Waals surface area contributed by atoms with Gasteiger partial charge in [-0.15, -0.1) is 0 Å². The molecule has 1 fully saturated rings. The van der Waals surface area contributed by atoms with Crippen molar-refractivity contribution < 1.29 is 23.1 Å². The van der Waals surface area contributed by atoms with Crippen molar-refractivity contribution >= 4 is 33.5 Å². The number of amides is 1. The van der Waals surface area contributed by atoms with Gasteiger partial charge in [-0.05, 0) is 44.0 Å². The summed E-state index contributed by atoms with van der Waals surface area (Å²) in [6.07, 6.45) is 0.817. The van der Waals surface area contributed by atoms with E-state index in [1.807, 2.05) is 0 Å². The van der Waals surface area contributed by atoms with E-state index in [0.29, 0.717) is 23.4 Å². The lowest BCUT2D eigenvalue weighted by Crippen LogP contribution is -2.50. The quantitative estimate of drug-likeness (QED) is 0.800. The molecule has 1 amide bonds. The molecule has 1 aromatic carbocycles. The van der Waals surface area contributed by atoms with E-state index in [9.17, 15) is 18.0 Å². The number of piperidine rings is 1. The number of carbonyl (C=O) groups excluding carboxylic acids is 1. The van der Waals surface area contributed by atoms with Crippen molar-refractivity contribution in [1.29, 1.82) is 0 Å². The summed E-state index contributed by atoms with van der Waals surface area (Å²) < 4.78 is 25.3. The Hall–Kier alpha value is -1.64. The third-order valence-corrected chi connectivity index (χ3v) is 6.41. The number of sulfonamides is 1. The van der Waals surface area contributed by atoms with Crippen LogP contribution in [-0.2, 0) is 14.8 Å². The standard InChI is InChI=1S/C16H21ClN2O5S/c1-2-25(23,24)18-9-7-14(8-10-18)19(11-15(20)21)16(22)12-3-5-13(17)6-4-12/h3-6,14H,2,7-11H2,1H3,(H,20,21). The Labute approximate surface area is 152 Å². The Bertz CT molecular complexity index is 727. The van der Waals surface area contributed by atoms with E-state index < -0.39 is 28.4 Å². The normalized spacial score (nSPS) is 16.6. The summed E-state index contributed by atoms with van der Waals surface area (Å²) in [5.74, 6) is -1.47. The zero-order valence-electron chi connectivity index (χ0n) is 13.9. The minimum absolute atomic E-state index is 0.0280. The first-order valence-electron chi connectivity index (χ1n) is 8.00. The van der Waals surface area contributed by atoms with Crippen LogP contribution in [0.15, 0.2) is 24.3 Å². The van der Waals surface area contributed by atoms with Crippen molar-refractivity contribution in [2.45, 2.75) is 25.8 Å². The molecule has 0 radical (unpaired) electrons. The Morgan fingerprint density at radius 2 is 1.80 bits per heavy atom. The van der Waals surface area contributed by atoms with Gasteiger partial charge in [-0.25, -0.2) is 12.7 Å². The van der Waals surface area contributed by atoms with Gasteiger partial charge in [0, 0.05) is 29.7 Å². The first kappa shape index (κ1) is 19.7. The molecule has 0 spiro atoms. The average molecular weight is 389 g/mol. The molecule has 0 atom stereocenters. The molecular weight excluding hydrogens is 368 g/mol. The summed E-state index contributed by atoms with van der Waals surface area (Å²) in [5.41, 5.74) is 0.356. The predicted octanol–water partition coefficient (Wildman–Crippen LogP) is 1.68. The van der Waals surface area contributed by atoms with E-state index in [1.54, 1.807) is 31.2 Å². The van der Waals surface area contributed by atoms with Crippen molar-refractivity contribution in [3.8, 4) is 0 Å². The molecule has 0 aliphatic carbocycles. The molecule has 1 aliphatic rings. The fraction of sp³-hybridized carbons (Fsp3) is 0.500. The number of rotatable bonds is 6. The lowest BCUT2D eigenvalue weighted by atomic mass is 10.0. The third kappa shape index (κ3) is 4.93. The molecule has 1 aromatic rings. The number of hydrogen-bond acceptors (Lipinski definition) is 4. The Kier molecular flexibility index (Phi) is 6.42. The topological polar surface area (TPSA) is 95.0 Å². The number of carboxylic acids is 1. The molecule has 25 heavy (non-hydrogen) atoms. The highest BCUT2D eigenvalue weighted by Crippen LogP contribution is 2.21. The zero-order chi connectivity index (χ0) is 18.6. The molecular formula is C16H21ClN2O5S. The largest absolute Gasteiger partial charge is 0.480 e. The van der Waals surface area contributed by atoms with Gasteiger partial charge < -0.3 is 10.0 Å².